The van der Waals surface area contributed by atoms with E-state index in [1.54, 1.807) is 26.2 Å². The summed E-state index contributed by atoms with van der Waals surface area (Å²) < 4.78 is 15.7. The molecule has 9 heteroatoms. The molecule has 0 saturated carbocycles. The van der Waals surface area contributed by atoms with Gasteiger partial charge in [-0.2, -0.15) is 0 Å². The molecule has 1 aliphatic heterocycles. The first kappa shape index (κ1) is 26.1. The van der Waals surface area contributed by atoms with Gasteiger partial charge in [-0.1, -0.05) is 6.07 Å². The minimum Gasteiger partial charge on any atom is -0.493 e. The first-order valence-electron chi connectivity index (χ1n) is 10.2. The third kappa shape index (κ3) is 8.08. The summed E-state index contributed by atoms with van der Waals surface area (Å²) in [5.74, 6) is 2.30. The van der Waals surface area contributed by atoms with E-state index in [0.717, 1.165) is 49.7 Å². The SMILES string of the molecule is CCOC(=O)N1CCC(NC(=NC)NCCCc2ccc(OC)c(OC)c2)CC1.I. The van der Waals surface area contributed by atoms with Crippen molar-refractivity contribution in [2.24, 2.45) is 4.99 Å². The van der Waals surface area contributed by atoms with E-state index >= 15 is 0 Å². The quantitative estimate of drug-likeness (QED) is 0.231. The lowest BCUT2D eigenvalue weighted by molar-refractivity contribution is 0.0963. The van der Waals surface area contributed by atoms with Gasteiger partial charge >= 0.3 is 6.09 Å². The van der Waals surface area contributed by atoms with E-state index < -0.39 is 0 Å². The van der Waals surface area contributed by atoms with Gasteiger partial charge in [-0.3, -0.25) is 4.99 Å². The van der Waals surface area contributed by atoms with Crippen LogP contribution in [0.25, 0.3) is 0 Å². The summed E-state index contributed by atoms with van der Waals surface area (Å²) in [6, 6.07) is 6.32. The highest BCUT2D eigenvalue weighted by atomic mass is 127. The second kappa shape index (κ2) is 14.2. The second-order valence-corrected chi connectivity index (χ2v) is 6.90. The van der Waals surface area contributed by atoms with Crippen molar-refractivity contribution in [1.29, 1.82) is 0 Å². The van der Waals surface area contributed by atoms with E-state index in [9.17, 15) is 4.79 Å². The van der Waals surface area contributed by atoms with Crippen LogP contribution >= 0.6 is 24.0 Å². The summed E-state index contributed by atoms with van der Waals surface area (Å²) in [5, 5.41) is 6.82. The van der Waals surface area contributed by atoms with Crippen molar-refractivity contribution < 1.29 is 19.0 Å². The molecule has 0 radical (unpaired) electrons. The molecule has 1 saturated heterocycles. The maximum Gasteiger partial charge on any atom is 0.409 e. The molecule has 1 amide bonds. The van der Waals surface area contributed by atoms with Crippen LogP contribution in [0.1, 0.15) is 31.7 Å². The molecule has 1 aliphatic rings. The molecule has 30 heavy (non-hydrogen) atoms. The maximum atomic E-state index is 11.8. The van der Waals surface area contributed by atoms with E-state index in [-0.39, 0.29) is 30.1 Å². The Kier molecular flexibility index (Phi) is 12.3. The number of piperidine rings is 1. The van der Waals surface area contributed by atoms with Crippen LogP contribution in [0.3, 0.4) is 0 Å². The Morgan fingerprint density at radius 2 is 1.90 bits per heavy atom. The summed E-state index contributed by atoms with van der Waals surface area (Å²) in [5.41, 5.74) is 1.21. The second-order valence-electron chi connectivity index (χ2n) is 6.90. The fourth-order valence-electron chi connectivity index (χ4n) is 3.34. The molecule has 170 valence electrons. The fourth-order valence-corrected chi connectivity index (χ4v) is 3.34. The summed E-state index contributed by atoms with van der Waals surface area (Å²) in [6.07, 6.45) is 3.44. The minimum atomic E-state index is -0.219. The number of hydrogen-bond acceptors (Lipinski definition) is 5. The Hall–Kier alpha value is -1.91. The lowest BCUT2D eigenvalue weighted by atomic mass is 10.1. The molecule has 2 rings (SSSR count). The van der Waals surface area contributed by atoms with Crippen molar-refractivity contribution in [2.75, 3.05) is 47.5 Å². The topological polar surface area (TPSA) is 84.4 Å². The van der Waals surface area contributed by atoms with Gasteiger partial charge in [0.05, 0.1) is 20.8 Å². The highest BCUT2D eigenvalue weighted by Gasteiger charge is 2.23. The van der Waals surface area contributed by atoms with Gasteiger partial charge in [0.1, 0.15) is 0 Å². The van der Waals surface area contributed by atoms with Crippen LogP contribution in [-0.2, 0) is 11.2 Å². The zero-order valence-electron chi connectivity index (χ0n) is 18.4. The van der Waals surface area contributed by atoms with E-state index in [4.69, 9.17) is 14.2 Å². The number of hydrogen-bond donors (Lipinski definition) is 2. The van der Waals surface area contributed by atoms with Crippen molar-refractivity contribution in [3.05, 3.63) is 23.8 Å². The van der Waals surface area contributed by atoms with Gasteiger partial charge in [-0.15, -0.1) is 24.0 Å². The monoisotopic (exact) mass is 534 g/mol. The normalized spacial score (nSPS) is 14.5. The number of carbonyl (C=O) groups excluding carboxylic acids is 1. The van der Waals surface area contributed by atoms with E-state index in [1.807, 2.05) is 19.1 Å². The fraction of sp³-hybridized carbons (Fsp3) is 0.619. The van der Waals surface area contributed by atoms with Gasteiger partial charge in [-0.05, 0) is 50.3 Å². The van der Waals surface area contributed by atoms with Crippen LogP contribution in [0, 0.1) is 0 Å². The van der Waals surface area contributed by atoms with E-state index in [2.05, 4.69) is 21.7 Å². The number of aliphatic imine (C=N–C) groups is 1. The molecule has 1 fully saturated rings. The van der Waals surface area contributed by atoms with Crippen molar-refractivity contribution in [3.63, 3.8) is 0 Å². The standard InChI is InChI=1S/C21H34N4O4.HI/c1-5-29-21(26)25-13-10-17(11-14-25)24-20(22-2)23-12-6-7-16-8-9-18(27-3)19(15-16)28-4;/h8-9,15,17H,5-7,10-14H2,1-4H3,(H2,22,23,24);1H. The average molecular weight is 534 g/mol. The number of nitrogens with one attached hydrogen (secondary N) is 2. The van der Waals surface area contributed by atoms with Gasteiger partial charge in [0.25, 0.3) is 0 Å². The molecule has 1 aromatic carbocycles. The molecule has 1 aromatic rings. The average Bonchev–Trinajstić information content (AvgIpc) is 2.76. The maximum absolute atomic E-state index is 11.8. The molecule has 0 aliphatic carbocycles. The lowest BCUT2D eigenvalue weighted by Crippen LogP contribution is -2.50. The Bertz CT molecular complexity index is 679. The third-order valence-electron chi connectivity index (χ3n) is 4.97. The van der Waals surface area contributed by atoms with Crippen molar-refractivity contribution in [3.8, 4) is 11.5 Å². The van der Waals surface area contributed by atoms with Crippen molar-refractivity contribution in [1.82, 2.24) is 15.5 Å². The van der Waals surface area contributed by atoms with Crippen molar-refractivity contribution in [2.45, 2.75) is 38.6 Å². The first-order valence-corrected chi connectivity index (χ1v) is 10.2. The number of methoxy groups -OCH3 is 2. The molecule has 2 N–H and O–H groups in total. The molecular formula is C21H35IN4O4. The van der Waals surface area contributed by atoms with Gasteiger partial charge in [-0.25, -0.2) is 4.79 Å². The Balaban J connectivity index is 0.00000450. The Labute approximate surface area is 196 Å². The predicted octanol–water partition coefficient (Wildman–Crippen LogP) is 3.04. The van der Waals surface area contributed by atoms with Crippen LogP contribution in [0.2, 0.25) is 0 Å². The number of rotatable bonds is 8. The number of halogens is 1. The molecule has 0 bridgehead atoms. The number of likely N-dealkylation sites (tertiary alicyclic amines) is 1. The Morgan fingerprint density at radius 3 is 2.50 bits per heavy atom. The lowest BCUT2D eigenvalue weighted by Gasteiger charge is -2.32. The van der Waals surface area contributed by atoms with Crippen LogP contribution < -0.4 is 20.1 Å². The molecular weight excluding hydrogens is 499 g/mol. The molecule has 8 nitrogen and oxygen atoms in total. The predicted molar refractivity (Wildman–Crippen MR) is 129 cm³/mol. The van der Waals surface area contributed by atoms with Crippen LogP contribution in [0.15, 0.2) is 23.2 Å². The highest BCUT2D eigenvalue weighted by Crippen LogP contribution is 2.27. The summed E-state index contributed by atoms with van der Waals surface area (Å²) >= 11 is 0. The van der Waals surface area contributed by atoms with Gasteiger partial charge in [0.2, 0.25) is 0 Å². The molecule has 1 heterocycles. The van der Waals surface area contributed by atoms with Gasteiger partial charge in [0, 0.05) is 32.7 Å². The smallest absolute Gasteiger partial charge is 0.409 e. The highest BCUT2D eigenvalue weighted by molar-refractivity contribution is 14.0. The first-order chi connectivity index (χ1) is 14.1. The molecule has 0 unspecified atom stereocenters. The van der Waals surface area contributed by atoms with E-state index in [1.165, 1.54) is 5.56 Å². The number of ether oxygens (including phenoxy) is 3. The van der Waals surface area contributed by atoms with Crippen LogP contribution in [0.5, 0.6) is 11.5 Å². The summed E-state index contributed by atoms with van der Waals surface area (Å²) in [4.78, 5) is 17.9. The van der Waals surface area contributed by atoms with Crippen LogP contribution in [-0.4, -0.2) is 70.5 Å². The zero-order chi connectivity index (χ0) is 21.1. The minimum absolute atomic E-state index is 0. The molecule has 0 atom stereocenters. The summed E-state index contributed by atoms with van der Waals surface area (Å²) in [7, 11) is 5.06. The number of aryl methyl sites for hydroxylation is 1. The third-order valence-corrected chi connectivity index (χ3v) is 4.97. The number of amides is 1. The zero-order valence-corrected chi connectivity index (χ0v) is 20.7. The van der Waals surface area contributed by atoms with Crippen molar-refractivity contribution >= 4 is 36.0 Å². The number of nitrogens with zero attached hydrogens (tertiary/aromatic N) is 2. The molecule has 0 aromatic heterocycles. The summed E-state index contributed by atoms with van der Waals surface area (Å²) in [6.45, 7) is 4.46. The largest absolute Gasteiger partial charge is 0.493 e. The number of benzene rings is 1. The van der Waals surface area contributed by atoms with Gasteiger partial charge < -0.3 is 29.7 Å². The van der Waals surface area contributed by atoms with Crippen LogP contribution in [0.4, 0.5) is 4.79 Å². The Morgan fingerprint density at radius 1 is 1.20 bits per heavy atom. The molecule has 0 spiro atoms. The van der Waals surface area contributed by atoms with Gasteiger partial charge in [0.15, 0.2) is 17.5 Å². The number of carbonyl (C=O) groups is 1. The number of guanidine groups is 1. The van der Waals surface area contributed by atoms with E-state index in [0.29, 0.717) is 25.7 Å².